The molecule has 1 aliphatic rings. The Labute approximate surface area is 160 Å². The molecule has 144 valence electrons. The quantitative estimate of drug-likeness (QED) is 0.717. The van der Waals surface area contributed by atoms with E-state index < -0.39 is 0 Å². The number of hydrogen-bond acceptors (Lipinski definition) is 5. The van der Waals surface area contributed by atoms with E-state index in [1.807, 2.05) is 31.2 Å². The normalized spacial score (nSPS) is 18.1. The topological polar surface area (TPSA) is 46.2 Å². The van der Waals surface area contributed by atoms with E-state index in [2.05, 4.69) is 19.1 Å². The van der Waals surface area contributed by atoms with Crippen molar-refractivity contribution in [2.24, 2.45) is 0 Å². The van der Waals surface area contributed by atoms with Crippen LogP contribution < -0.4 is 23.7 Å². The van der Waals surface area contributed by atoms with Crippen molar-refractivity contribution < 1.29 is 23.7 Å². The van der Waals surface area contributed by atoms with Gasteiger partial charge < -0.3 is 23.7 Å². The fourth-order valence-corrected chi connectivity index (χ4v) is 3.57. The molecule has 0 saturated heterocycles. The first-order valence-corrected chi connectivity index (χ1v) is 8.89. The number of hydrogen-bond donors (Lipinski definition) is 0. The molecule has 2 aromatic carbocycles. The maximum absolute atomic E-state index is 6.33. The van der Waals surface area contributed by atoms with E-state index in [1.165, 1.54) is 0 Å². The monoisotopic (exact) mass is 370 g/mol. The van der Waals surface area contributed by atoms with E-state index in [0.29, 0.717) is 17.2 Å². The predicted molar refractivity (Wildman–Crippen MR) is 106 cm³/mol. The molecule has 0 aromatic heterocycles. The van der Waals surface area contributed by atoms with Gasteiger partial charge in [0.05, 0.1) is 28.4 Å². The highest BCUT2D eigenvalue weighted by Crippen LogP contribution is 2.52. The summed E-state index contributed by atoms with van der Waals surface area (Å²) >= 11 is 0. The number of benzene rings is 2. The highest BCUT2D eigenvalue weighted by molar-refractivity contribution is 5.62. The zero-order chi connectivity index (χ0) is 19.6. The maximum atomic E-state index is 6.33. The molecule has 1 heterocycles. The van der Waals surface area contributed by atoms with Crippen LogP contribution in [0.2, 0.25) is 0 Å². The number of ether oxygens (including phenoxy) is 5. The van der Waals surface area contributed by atoms with Crippen molar-refractivity contribution in [2.75, 3.05) is 28.4 Å². The van der Waals surface area contributed by atoms with Crippen LogP contribution in [0.5, 0.6) is 28.7 Å². The maximum Gasteiger partial charge on any atom is 0.203 e. The smallest absolute Gasteiger partial charge is 0.203 e. The second-order valence-corrected chi connectivity index (χ2v) is 6.43. The van der Waals surface area contributed by atoms with E-state index in [0.717, 1.165) is 28.2 Å². The van der Waals surface area contributed by atoms with Crippen LogP contribution in [0.15, 0.2) is 30.3 Å². The molecule has 27 heavy (non-hydrogen) atoms. The van der Waals surface area contributed by atoms with Gasteiger partial charge in [-0.3, -0.25) is 0 Å². The average Bonchev–Trinajstić information content (AvgIpc) is 3.03. The van der Waals surface area contributed by atoms with E-state index in [9.17, 15) is 0 Å². The third-order valence-electron chi connectivity index (χ3n) is 4.89. The zero-order valence-electron chi connectivity index (χ0n) is 16.7. The summed E-state index contributed by atoms with van der Waals surface area (Å²) in [5.74, 6) is 3.46. The van der Waals surface area contributed by atoms with Crippen LogP contribution in [-0.4, -0.2) is 28.4 Å². The molecule has 0 spiro atoms. The summed E-state index contributed by atoms with van der Waals surface area (Å²) in [7, 11) is 6.48. The molecule has 0 aliphatic carbocycles. The Balaban J connectivity index is 2.07. The van der Waals surface area contributed by atoms with Crippen molar-refractivity contribution in [1.29, 1.82) is 0 Å². The largest absolute Gasteiger partial charge is 0.493 e. The minimum absolute atomic E-state index is 0.141. The van der Waals surface area contributed by atoms with Crippen molar-refractivity contribution >= 4 is 6.08 Å². The molecule has 3 rings (SSSR count). The van der Waals surface area contributed by atoms with Crippen LogP contribution in [0.25, 0.3) is 6.08 Å². The molecular formula is C22H26O5. The molecular weight excluding hydrogens is 344 g/mol. The summed E-state index contributed by atoms with van der Waals surface area (Å²) in [5.41, 5.74) is 3.18. The molecule has 0 bridgehead atoms. The number of methoxy groups -OCH3 is 4. The second kappa shape index (κ2) is 7.82. The van der Waals surface area contributed by atoms with Gasteiger partial charge in [0.25, 0.3) is 0 Å². The third-order valence-corrected chi connectivity index (χ3v) is 4.89. The minimum atomic E-state index is -0.177. The second-order valence-electron chi connectivity index (χ2n) is 6.43. The van der Waals surface area contributed by atoms with Crippen LogP contribution in [-0.2, 0) is 0 Å². The van der Waals surface area contributed by atoms with Gasteiger partial charge in [0, 0.05) is 17.0 Å². The van der Waals surface area contributed by atoms with E-state index in [1.54, 1.807) is 28.4 Å². The summed E-state index contributed by atoms with van der Waals surface area (Å²) in [4.78, 5) is 0. The van der Waals surface area contributed by atoms with Gasteiger partial charge in [-0.1, -0.05) is 19.1 Å². The van der Waals surface area contributed by atoms with Crippen molar-refractivity contribution in [2.45, 2.75) is 25.9 Å². The van der Waals surface area contributed by atoms with Gasteiger partial charge in [-0.2, -0.15) is 0 Å². The Hall–Kier alpha value is -2.82. The average molecular weight is 370 g/mol. The first kappa shape index (κ1) is 19.0. The fraction of sp³-hybridized carbons (Fsp3) is 0.364. The van der Waals surface area contributed by atoms with E-state index >= 15 is 0 Å². The van der Waals surface area contributed by atoms with Gasteiger partial charge in [0.15, 0.2) is 23.0 Å². The summed E-state index contributed by atoms with van der Waals surface area (Å²) in [6, 6.07) is 8.02. The minimum Gasteiger partial charge on any atom is -0.493 e. The first-order valence-electron chi connectivity index (χ1n) is 8.89. The number of fused-ring (bicyclic) bond motifs is 1. The molecule has 0 fully saturated rings. The molecule has 1 aliphatic heterocycles. The molecule has 2 atom stereocenters. The predicted octanol–water partition coefficient (Wildman–Crippen LogP) is 4.99. The lowest BCUT2D eigenvalue weighted by Gasteiger charge is -2.20. The van der Waals surface area contributed by atoms with E-state index in [4.69, 9.17) is 23.7 Å². The SMILES string of the molecule is C/C=C/c1cc(OC)c2c(c1)[C@H](C)[C@@H](c1cc(OC)c(OC)c(OC)c1)O2. The van der Waals surface area contributed by atoms with Crippen molar-refractivity contribution in [1.82, 2.24) is 0 Å². The highest BCUT2D eigenvalue weighted by Gasteiger charge is 2.36. The molecule has 0 amide bonds. The molecule has 0 N–H and O–H groups in total. The summed E-state index contributed by atoms with van der Waals surface area (Å²) < 4.78 is 28.3. The molecule has 0 unspecified atom stereocenters. The number of allylic oxidation sites excluding steroid dienone is 1. The standard InChI is InChI=1S/C22H26O5/c1-7-8-14-9-16-13(2)20(27-21(16)17(10-14)23-3)15-11-18(24-4)22(26-6)19(12-15)25-5/h7-13,20H,1-6H3/b8-7+/t13-,20-/m0/s1. The fourth-order valence-electron chi connectivity index (χ4n) is 3.57. The molecule has 2 aromatic rings. The van der Waals surface area contributed by atoms with Crippen molar-refractivity contribution in [3.63, 3.8) is 0 Å². The first-order chi connectivity index (χ1) is 13.1. The summed E-state index contributed by atoms with van der Waals surface area (Å²) in [6.07, 6.45) is 3.89. The zero-order valence-corrected chi connectivity index (χ0v) is 16.7. The van der Waals surface area contributed by atoms with Crippen LogP contribution >= 0.6 is 0 Å². The molecule has 0 radical (unpaired) electrons. The lowest BCUT2D eigenvalue weighted by Crippen LogP contribution is -2.08. The Morgan fingerprint density at radius 2 is 1.48 bits per heavy atom. The molecule has 0 saturated carbocycles. The van der Waals surface area contributed by atoms with Gasteiger partial charge in [-0.25, -0.2) is 0 Å². The van der Waals surface area contributed by atoms with Gasteiger partial charge in [0.2, 0.25) is 5.75 Å². The molecule has 5 heteroatoms. The Bertz CT molecular complexity index is 831. The Kier molecular flexibility index (Phi) is 5.49. The summed E-state index contributed by atoms with van der Waals surface area (Å²) in [5, 5.41) is 0. The lowest BCUT2D eigenvalue weighted by molar-refractivity contribution is 0.207. The van der Waals surface area contributed by atoms with Crippen LogP contribution in [0.4, 0.5) is 0 Å². The van der Waals surface area contributed by atoms with Gasteiger partial charge in [-0.15, -0.1) is 0 Å². The van der Waals surface area contributed by atoms with Gasteiger partial charge in [-0.05, 0) is 36.8 Å². The van der Waals surface area contributed by atoms with Crippen molar-refractivity contribution in [3.8, 4) is 28.7 Å². The number of rotatable bonds is 6. The van der Waals surface area contributed by atoms with Crippen LogP contribution in [0, 0.1) is 0 Å². The molecule has 5 nitrogen and oxygen atoms in total. The van der Waals surface area contributed by atoms with Crippen LogP contribution in [0.3, 0.4) is 0 Å². The Morgan fingerprint density at radius 1 is 0.852 bits per heavy atom. The van der Waals surface area contributed by atoms with Crippen LogP contribution in [0.1, 0.15) is 42.6 Å². The van der Waals surface area contributed by atoms with Crippen molar-refractivity contribution in [3.05, 3.63) is 47.0 Å². The van der Waals surface area contributed by atoms with E-state index in [-0.39, 0.29) is 12.0 Å². The van der Waals surface area contributed by atoms with Gasteiger partial charge >= 0.3 is 0 Å². The lowest BCUT2D eigenvalue weighted by atomic mass is 9.91. The Morgan fingerprint density at radius 3 is 2.00 bits per heavy atom. The third kappa shape index (κ3) is 3.29. The summed E-state index contributed by atoms with van der Waals surface area (Å²) in [6.45, 7) is 4.15. The highest BCUT2D eigenvalue weighted by atomic mass is 16.5. The van der Waals surface area contributed by atoms with Gasteiger partial charge in [0.1, 0.15) is 6.10 Å².